The predicted octanol–water partition coefficient (Wildman–Crippen LogP) is 5.05. The third-order valence-corrected chi connectivity index (χ3v) is 6.08. The van der Waals surface area contributed by atoms with E-state index in [1.807, 2.05) is 23.5 Å². The number of hydrogen-bond acceptors (Lipinski definition) is 4. The number of benzene rings is 1. The quantitative estimate of drug-likeness (QED) is 0.730. The van der Waals surface area contributed by atoms with E-state index in [2.05, 4.69) is 28.9 Å². The summed E-state index contributed by atoms with van der Waals surface area (Å²) in [6.45, 7) is 4.21. The van der Waals surface area contributed by atoms with Crippen LogP contribution in [0.1, 0.15) is 18.2 Å². The van der Waals surface area contributed by atoms with Crippen molar-refractivity contribution in [1.29, 1.82) is 0 Å². The molecular formula is C15H13ClN2S2. The third kappa shape index (κ3) is 1.90. The van der Waals surface area contributed by atoms with Crippen LogP contribution < -0.4 is 0 Å². The molecule has 0 aliphatic carbocycles. The van der Waals surface area contributed by atoms with Crippen LogP contribution in [0.15, 0.2) is 34.2 Å². The van der Waals surface area contributed by atoms with Crippen LogP contribution >= 0.6 is 34.7 Å². The van der Waals surface area contributed by atoms with Gasteiger partial charge in [0.1, 0.15) is 0 Å². The van der Waals surface area contributed by atoms with Crippen molar-refractivity contribution < 1.29 is 0 Å². The predicted molar refractivity (Wildman–Crippen MR) is 90.6 cm³/mol. The van der Waals surface area contributed by atoms with Crippen molar-refractivity contribution in [2.75, 3.05) is 13.1 Å². The number of aliphatic imine (C=N–C) groups is 1. The van der Waals surface area contributed by atoms with Crippen molar-refractivity contribution in [3.63, 3.8) is 0 Å². The van der Waals surface area contributed by atoms with Gasteiger partial charge in [-0.1, -0.05) is 29.4 Å². The van der Waals surface area contributed by atoms with Gasteiger partial charge in [-0.3, -0.25) is 4.99 Å². The fourth-order valence-corrected chi connectivity index (χ4v) is 5.29. The number of thioether (sulfide) groups is 1. The molecule has 20 heavy (non-hydrogen) atoms. The number of nitrogens with zero attached hydrogens (tertiary/aromatic N) is 2. The van der Waals surface area contributed by atoms with Crippen molar-refractivity contribution in [1.82, 2.24) is 4.90 Å². The number of rotatable bonds is 1. The van der Waals surface area contributed by atoms with E-state index in [-0.39, 0.29) is 0 Å². The van der Waals surface area contributed by atoms with Crippen LogP contribution in [0.4, 0.5) is 0 Å². The van der Waals surface area contributed by atoms with Gasteiger partial charge in [-0.05, 0) is 31.5 Å². The van der Waals surface area contributed by atoms with Crippen LogP contribution in [-0.2, 0) is 0 Å². The fourth-order valence-electron chi connectivity index (χ4n) is 2.70. The molecule has 0 unspecified atom stereocenters. The number of amidine groups is 1. The van der Waals surface area contributed by atoms with Crippen LogP contribution in [-0.4, -0.2) is 23.2 Å². The Labute approximate surface area is 131 Å². The second-order valence-electron chi connectivity index (χ2n) is 4.94. The van der Waals surface area contributed by atoms with Gasteiger partial charge in [-0.25, -0.2) is 0 Å². The minimum absolute atomic E-state index is 0.835. The average molecular weight is 321 g/mol. The van der Waals surface area contributed by atoms with Gasteiger partial charge in [0.2, 0.25) is 0 Å². The van der Waals surface area contributed by atoms with Gasteiger partial charge >= 0.3 is 0 Å². The van der Waals surface area contributed by atoms with Crippen molar-refractivity contribution in [3.8, 4) is 0 Å². The van der Waals surface area contributed by atoms with E-state index in [9.17, 15) is 0 Å². The zero-order valence-corrected chi connectivity index (χ0v) is 13.4. The molecule has 1 aromatic carbocycles. The highest BCUT2D eigenvalue weighted by Crippen LogP contribution is 2.44. The summed E-state index contributed by atoms with van der Waals surface area (Å²) in [5.41, 5.74) is 1.32. The molecule has 0 radical (unpaired) electrons. The molecule has 0 bridgehead atoms. The van der Waals surface area contributed by atoms with Crippen molar-refractivity contribution in [2.24, 2.45) is 4.99 Å². The first-order valence-corrected chi connectivity index (χ1v) is 8.64. The fraction of sp³-hybridized carbons (Fsp3) is 0.267. The van der Waals surface area contributed by atoms with E-state index in [4.69, 9.17) is 11.6 Å². The normalized spacial score (nSPS) is 18.7. The van der Waals surface area contributed by atoms with Gasteiger partial charge in [-0.2, -0.15) is 0 Å². The molecule has 2 aliphatic rings. The molecular weight excluding hydrogens is 308 g/mol. The zero-order valence-electron chi connectivity index (χ0n) is 11.0. The Morgan fingerprint density at radius 3 is 3.10 bits per heavy atom. The largest absolute Gasteiger partial charge is 0.319 e. The Morgan fingerprint density at radius 2 is 2.25 bits per heavy atom. The summed E-state index contributed by atoms with van der Waals surface area (Å²) in [5, 5.41) is 3.15. The van der Waals surface area contributed by atoms with Crippen molar-refractivity contribution in [2.45, 2.75) is 13.3 Å². The minimum Gasteiger partial charge on any atom is -0.319 e. The number of allylic oxidation sites excluding steroid dienone is 1. The van der Waals surface area contributed by atoms with Gasteiger partial charge in [-0.15, -0.1) is 11.3 Å². The summed E-state index contributed by atoms with van der Waals surface area (Å²) >= 11 is 9.91. The molecule has 0 saturated carbocycles. The molecule has 102 valence electrons. The summed E-state index contributed by atoms with van der Waals surface area (Å²) < 4.78 is 1.25. The van der Waals surface area contributed by atoms with E-state index >= 15 is 0 Å². The lowest BCUT2D eigenvalue weighted by molar-refractivity contribution is 0.542. The van der Waals surface area contributed by atoms with E-state index in [0.29, 0.717) is 0 Å². The summed E-state index contributed by atoms with van der Waals surface area (Å²) in [6, 6.07) is 8.33. The van der Waals surface area contributed by atoms with Crippen LogP contribution in [0.2, 0.25) is 5.02 Å². The van der Waals surface area contributed by atoms with E-state index in [1.54, 1.807) is 11.8 Å². The van der Waals surface area contributed by atoms with E-state index in [0.717, 1.165) is 35.1 Å². The Balaban J connectivity index is 1.86. The lowest BCUT2D eigenvalue weighted by Gasteiger charge is -2.24. The minimum atomic E-state index is 0.835. The summed E-state index contributed by atoms with van der Waals surface area (Å²) in [6.07, 6.45) is 1.13. The van der Waals surface area contributed by atoms with Crippen LogP contribution in [0.5, 0.6) is 0 Å². The molecule has 2 aromatic rings. The van der Waals surface area contributed by atoms with Crippen molar-refractivity contribution >= 4 is 55.7 Å². The Hall–Kier alpha value is -0.970. The molecule has 0 fully saturated rings. The summed E-state index contributed by atoms with van der Waals surface area (Å²) in [4.78, 5) is 9.63. The van der Waals surface area contributed by atoms with Gasteiger partial charge < -0.3 is 4.90 Å². The molecule has 0 amide bonds. The van der Waals surface area contributed by atoms with Gasteiger partial charge in [0.15, 0.2) is 5.17 Å². The number of fused-ring (bicyclic) bond motifs is 2. The van der Waals surface area contributed by atoms with Gasteiger partial charge in [0.05, 0.1) is 10.6 Å². The highest BCUT2D eigenvalue weighted by molar-refractivity contribution is 8.17. The van der Waals surface area contributed by atoms with Crippen LogP contribution in [0, 0.1) is 0 Å². The second-order valence-corrected chi connectivity index (χ2v) is 7.61. The maximum Gasteiger partial charge on any atom is 0.168 e. The maximum absolute atomic E-state index is 6.30. The average Bonchev–Trinajstić information content (AvgIpc) is 2.99. The lowest BCUT2D eigenvalue weighted by atomic mass is 10.2. The maximum atomic E-state index is 6.30. The topological polar surface area (TPSA) is 15.6 Å². The second kappa shape index (κ2) is 4.79. The molecule has 3 heterocycles. The number of hydrogen-bond donors (Lipinski definition) is 0. The first-order valence-electron chi connectivity index (χ1n) is 6.63. The molecule has 4 rings (SSSR count). The highest BCUT2D eigenvalue weighted by atomic mass is 35.5. The molecule has 0 saturated heterocycles. The first kappa shape index (κ1) is 12.7. The summed E-state index contributed by atoms with van der Waals surface area (Å²) in [7, 11) is 0. The van der Waals surface area contributed by atoms with Crippen molar-refractivity contribution in [3.05, 3.63) is 39.1 Å². The molecule has 1 aromatic heterocycles. The molecule has 0 atom stereocenters. The lowest BCUT2D eigenvalue weighted by Crippen LogP contribution is -2.28. The van der Waals surface area contributed by atoms with E-state index < -0.39 is 0 Å². The number of halogens is 1. The summed E-state index contributed by atoms with van der Waals surface area (Å²) in [5.74, 6) is 0. The monoisotopic (exact) mass is 320 g/mol. The SMILES string of the molecule is CC1=C(c2cc3c(Cl)cccc3s2)N2CCCN=C2S1. The molecule has 0 spiro atoms. The van der Waals surface area contributed by atoms with Gasteiger partial charge in [0.25, 0.3) is 0 Å². The van der Waals surface area contributed by atoms with Crippen LogP contribution in [0.25, 0.3) is 15.8 Å². The first-order chi connectivity index (χ1) is 9.74. The number of thiophene rings is 1. The molecule has 2 nitrogen and oxygen atoms in total. The standard InChI is InChI=1S/C15H13ClN2S2/c1-9-14(18-7-3-6-17-15(18)19-9)13-8-10-11(16)4-2-5-12(10)20-13/h2,4-5,8H,3,6-7H2,1H3. The highest BCUT2D eigenvalue weighted by Gasteiger charge is 2.30. The zero-order chi connectivity index (χ0) is 13.7. The van der Waals surface area contributed by atoms with E-state index in [1.165, 1.54) is 20.2 Å². The Bertz CT molecular complexity index is 760. The molecule has 2 aliphatic heterocycles. The smallest absolute Gasteiger partial charge is 0.168 e. The Morgan fingerprint density at radius 1 is 1.35 bits per heavy atom. The Kier molecular flexibility index (Phi) is 3.05. The molecule has 5 heteroatoms. The third-order valence-electron chi connectivity index (χ3n) is 3.61. The molecule has 0 N–H and O–H groups in total. The van der Waals surface area contributed by atoms with Crippen LogP contribution in [0.3, 0.4) is 0 Å². The van der Waals surface area contributed by atoms with Gasteiger partial charge in [0, 0.05) is 33.1 Å².